The Morgan fingerprint density at radius 3 is 2.31 bits per heavy atom. The van der Waals surface area contributed by atoms with Gasteiger partial charge in [-0.3, -0.25) is 9.67 Å². The van der Waals surface area contributed by atoms with E-state index >= 15 is 0 Å². The summed E-state index contributed by atoms with van der Waals surface area (Å²) in [4.78, 5) is 16.4. The van der Waals surface area contributed by atoms with Gasteiger partial charge in [0.05, 0.1) is 17.3 Å². The number of aromatic nitrogens is 2. The van der Waals surface area contributed by atoms with Crippen LogP contribution in [0.15, 0.2) is 29.3 Å². The van der Waals surface area contributed by atoms with Gasteiger partial charge < -0.3 is 14.2 Å². The fourth-order valence-corrected chi connectivity index (χ4v) is 3.61. The smallest absolute Gasteiger partial charge is 0.452 e. The summed E-state index contributed by atoms with van der Waals surface area (Å²) < 4.78 is 18.5. The van der Waals surface area contributed by atoms with Gasteiger partial charge in [-0.25, -0.2) is 4.79 Å². The topological polar surface area (TPSA) is 74.9 Å². The minimum absolute atomic E-state index is 0.0144. The van der Waals surface area contributed by atoms with Gasteiger partial charge in [-0.2, -0.15) is 5.10 Å². The molecule has 0 spiro atoms. The Hall–Kier alpha value is -2.80. The standard InChI is InChI=1S/C27H38ClN3O4/c1-10-31-24(23(28)18(4)30-31)25(34-19(5)35-26(32)33-16-17(2)3)22(15-29-9)20-11-13-21(14-12-20)27(6,7)8/h11-15,17,19H,10,16H2,1-9H3/b25-22-,29-15?. The van der Waals surface area contributed by atoms with E-state index in [1.54, 1.807) is 24.9 Å². The molecule has 0 aliphatic carbocycles. The maximum atomic E-state index is 12.2. The summed E-state index contributed by atoms with van der Waals surface area (Å²) in [5.41, 5.74) is 4.05. The number of hydrogen-bond acceptors (Lipinski definition) is 6. The van der Waals surface area contributed by atoms with Crippen molar-refractivity contribution in [3.8, 4) is 0 Å². The lowest BCUT2D eigenvalue weighted by Crippen LogP contribution is -2.21. The van der Waals surface area contributed by atoms with Gasteiger partial charge in [0, 0.05) is 32.3 Å². The normalized spacial score (nSPS) is 13.7. The highest BCUT2D eigenvalue weighted by Gasteiger charge is 2.25. The quantitative estimate of drug-likeness (QED) is 0.161. The molecule has 8 heteroatoms. The van der Waals surface area contributed by atoms with Gasteiger partial charge in [0.15, 0.2) is 5.76 Å². The molecule has 35 heavy (non-hydrogen) atoms. The number of halogens is 1. The second kappa shape index (κ2) is 12.2. The largest absolute Gasteiger partial charge is 0.511 e. The van der Waals surface area contributed by atoms with Crippen LogP contribution in [0, 0.1) is 12.8 Å². The van der Waals surface area contributed by atoms with Crippen molar-refractivity contribution in [1.29, 1.82) is 0 Å². The van der Waals surface area contributed by atoms with Gasteiger partial charge in [0.25, 0.3) is 0 Å². The van der Waals surface area contributed by atoms with E-state index < -0.39 is 12.4 Å². The van der Waals surface area contributed by atoms with E-state index in [1.807, 2.05) is 39.8 Å². The highest BCUT2D eigenvalue weighted by Crippen LogP contribution is 2.35. The molecular formula is C27H38ClN3O4. The van der Waals surface area contributed by atoms with Crippen molar-refractivity contribution in [3.05, 3.63) is 51.8 Å². The summed E-state index contributed by atoms with van der Waals surface area (Å²) in [6.45, 7) is 16.7. The second-order valence-corrected chi connectivity index (χ2v) is 10.2. The molecule has 0 saturated carbocycles. The molecule has 0 radical (unpaired) electrons. The van der Waals surface area contributed by atoms with Gasteiger partial charge in [0.1, 0.15) is 5.69 Å². The average molecular weight is 504 g/mol. The van der Waals surface area contributed by atoms with Crippen molar-refractivity contribution >= 4 is 35.3 Å². The zero-order valence-electron chi connectivity index (χ0n) is 22.3. The summed E-state index contributed by atoms with van der Waals surface area (Å²) in [5, 5.41) is 5.01. The second-order valence-electron chi connectivity index (χ2n) is 9.78. The van der Waals surface area contributed by atoms with Crippen LogP contribution in [0.25, 0.3) is 11.3 Å². The molecule has 0 N–H and O–H groups in total. The fraction of sp³-hybridized carbons (Fsp3) is 0.519. The van der Waals surface area contributed by atoms with Gasteiger partial charge >= 0.3 is 6.16 Å². The Kier molecular flexibility index (Phi) is 9.95. The molecule has 0 aliphatic heterocycles. The lowest BCUT2D eigenvalue weighted by molar-refractivity contribution is -0.0690. The number of benzene rings is 1. The average Bonchev–Trinajstić information content (AvgIpc) is 3.07. The Labute approximate surface area is 214 Å². The van der Waals surface area contributed by atoms with Crippen LogP contribution in [0.2, 0.25) is 5.02 Å². The number of aryl methyl sites for hydroxylation is 2. The van der Waals surface area contributed by atoms with Crippen molar-refractivity contribution in [2.75, 3.05) is 13.7 Å². The van der Waals surface area contributed by atoms with Crippen LogP contribution in [0.4, 0.5) is 4.79 Å². The number of hydrogen-bond donors (Lipinski definition) is 0. The Balaban J connectivity index is 2.61. The summed E-state index contributed by atoms with van der Waals surface area (Å²) in [6, 6.07) is 8.22. The molecule has 1 aromatic carbocycles. The maximum Gasteiger partial charge on any atom is 0.511 e. The van der Waals surface area contributed by atoms with E-state index in [1.165, 1.54) is 5.56 Å². The minimum atomic E-state index is -0.949. The molecule has 2 rings (SSSR count). The van der Waals surface area contributed by atoms with Crippen LogP contribution in [0.1, 0.15) is 71.0 Å². The molecule has 1 atom stereocenters. The number of aliphatic imine (C=N–C) groups is 1. The first kappa shape index (κ1) is 28.4. The van der Waals surface area contributed by atoms with Gasteiger partial charge in [0.2, 0.25) is 6.29 Å². The molecule has 7 nitrogen and oxygen atoms in total. The van der Waals surface area contributed by atoms with E-state index in [9.17, 15) is 4.79 Å². The number of carbonyl (C=O) groups is 1. The number of rotatable bonds is 9. The predicted octanol–water partition coefficient (Wildman–Crippen LogP) is 6.90. The van der Waals surface area contributed by atoms with E-state index in [2.05, 4.69) is 43.0 Å². The fourth-order valence-electron chi connectivity index (χ4n) is 3.39. The Morgan fingerprint density at radius 2 is 1.80 bits per heavy atom. The number of carbonyl (C=O) groups excluding carboxylic acids is 1. The van der Waals surface area contributed by atoms with E-state index in [0.29, 0.717) is 34.3 Å². The SMILES string of the molecule is CCn1nc(C)c(Cl)c1/C(OC(C)OC(=O)OCC(C)C)=C(\C=NC)c1ccc(C(C)(C)C)cc1. The Bertz CT molecular complexity index is 1060. The highest BCUT2D eigenvalue weighted by molar-refractivity contribution is 6.33. The van der Waals surface area contributed by atoms with Crippen molar-refractivity contribution in [2.45, 2.75) is 73.6 Å². The molecule has 1 aromatic heterocycles. The minimum Gasteiger partial charge on any atom is -0.452 e. The molecule has 0 fully saturated rings. The highest BCUT2D eigenvalue weighted by atomic mass is 35.5. The van der Waals surface area contributed by atoms with Crippen LogP contribution in [0.5, 0.6) is 0 Å². The Morgan fingerprint density at radius 1 is 1.17 bits per heavy atom. The van der Waals surface area contributed by atoms with Crippen LogP contribution in [0.3, 0.4) is 0 Å². The monoisotopic (exact) mass is 503 g/mol. The molecule has 0 amide bonds. The summed E-state index contributed by atoms with van der Waals surface area (Å²) in [6.07, 6.45) is -0.0309. The predicted molar refractivity (Wildman–Crippen MR) is 142 cm³/mol. The third kappa shape index (κ3) is 7.59. The maximum absolute atomic E-state index is 12.2. The number of allylic oxidation sites excluding steroid dienone is 1. The van der Waals surface area contributed by atoms with Crippen molar-refractivity contribution in [1.82, 2.24) is 9.78 Å². The first-order chi connectivity index (χ1) is 16.4. The summed E-state index contributed by atoms with van der Waals surface area (Å²) in [7, 11) is 1.69. The lowest BCUT2D eigenvalue weighted by atomic mass is 9.86. The summed E-state index contributed by atoms with van der Waals surface area (Å²) in [5.74, 6) is 0.606. The third-order valence-electron chi connectivity index (χ3n) is 5.21. The van der Waals surface area contributed by atoms with E-state index in [0.717, 1.165) is 5.56 Å². The van der Waals surface area contributed by atoms with Crippen molar-refractivity contribution in [3.63, 3.8) is 0 Å². The first-order valence-electron chi connectivity index (χ1n) is 11.9. The number of nitrogens with zero attached hydrogens (tertiary/aromatic N) is 3. The third-order valence-corrected chi connectivity index (χ3v) is 5.67. The van der Waals surface area contributed by atoms with E-state index in [-0.39, 0.29) is 17.9 Å². The summed E-state index contributed by atoms with van der Waals surface area (Å²) >= 11 is 6.70. The molecule has 1 unspecified atom stereocenters. The molecule has 1 heterocycles. The zero-order chi connectivity index (χ0) is 26.3. The zero-order valence-corrected chi connectivity index (χ0v) is 23.1. The molecule has 0 aliphatic rings. The van der Waals surface area contributed by atoms with Crippen LogP contribution in [-0.4, -0.2) is 42.1 Å². The number of ether oxygens (including phenoxy) is 3. The molecule has 0 saturated heterocycles. The molecule has 2 aromatic rings. The van der Waals surface area contributed by atoms with Crippen molar-refractivity contribution in [2.24, 2.45) is 10.9 Å². The van der Waals surface area contributed by atoms with Gasteiger partial charge in [-0.1, -0.05) is 70.5 Å². The van der Waals surface area contributed by atoms with Crippen LogP contribution < -0.4 is 0 Å². The van der Waals surface area contributed by atoms with E-state index in [4.69, 9.17) is 25.8 Å². The lowest BCUT2D eigenvalue weighted by Gasteiger charge is -2.22. The molecular weight excluding hydrogens is 466 g/mol. The molecule has 192 valence electrons. The van der Waals surface area contributed by atoms with Crippen LogP contribution in [-0.2, 0) is 26.2 Å². The van der Waals surface area contributed by atoms with Crippen molar-refractivity contribution < 1.29 is 19.0 Å². The van der Waals surface area contributed by atoms with Gasteiger partial charge in [-0.15, -0.1) is 0 Å². The van der Waals surface area contributed by atoms with Crippen LogP contribution >= 0.6 is 11.6 Å². The first-order valence-corrected chi connectivity index (χ1v) is 12.3. The molecule has 0 bridgehead atoms. The van der Waals surface area contributed by atoms with Gasteiger partial charge in [-0.05, 0) is 36.3 Å².